The third-order valence-corrected chi connectivity index (χ3v) is 5.98. The van der Waals surface area contributed by atoms with Gasteiger partial charge in [0, 0.05) is 11.8 Å². The highest BCUT2D eigenvalue weighted by molar-refractivity contribution is 6.39. The highest BCUT2D eigenvalue weighted by Crippen LogP contribution is 2.37. The van der Waals surface area contributed by atoms with Crippen molar-refractivity contribution in [2.24, 2.45) is 0 Å². The number of hydrogen-bond donors (Lipinski definition) is 0. The Morgan fingerprint density at radius 3 is 2.35 bits per heavy atom. The lowest BCUT2D eigenvalue weighted by molar-refractivity contribution is 0.0520. The minimum Gasteiger partial charge on any atom is -0.461 e. The molecule has 4 rings (SSSR count). The van der Waals surface area contributed by atoms with E-state index in [-0.39, 0.29) is 12.3 Å². The van der Waals surface area contributed by atoms with Crippen LogP contribution < -0.4 is 0 Å². The Morgan fingerprint density at radius 1 is 0.971 bits per heavy atom. The number of ether oxygens (including phenoxy) is 1. The van der Waals surface area contributed by atoms with E-state index in [1.54, 1.807) is 42.8 Å². The topological polar surface area (TPSA) is 44.1 Å². The third-order valence-electron chi connectivity index (χ3n) is 5.05. The van der Waals surface area contributed by atoms with Gasteiger partial charge in [0.25, 0.3) is 0 Å². The fourth-order valence-electron chi connectivity index (χ4n) is 3.56. The van der Waals surface area contributed by atoms with Crippen LogP contribution in [0.5, 0.6) is 0 Å². The summed E-state index contributed by atoms with van der Waals surface area (Å²) in [6, 6.07) is 18.7. The van der Waals surface area contributed by atoms with Gasteiger partial charge in [0.1, 0.15) is 5.82 Å². The number of nitrogens with zero attached hydrogens (tertiary/aromatic N) is 2. The Labute approximate surface area is 213 Å². The summed E-state index contributed by atoms with van der Waals surface area (Å²) in [7, 11) is 0. The zero-order valence-corrected chi connectivity index (χ0v) is 20.7. The van der Waals surface area contributed by atoms with E-state index < -0.39 is 5.97 Å². The molecule has 1 aromatic heterocycles. The van der Waals surface area contributed by atoms with Crippen molar-refractivity contribution >= 4 is 40.8 Å². The predicted molar refractivity (Wildman–Crippen MR) is 138 cm³/mol. The molecule has 0 saturated heterocycles. The van der Waals surface area contributed by atoms with Gasteiger partial charge in [-0.15, -0.1) is 5.92 Å². The zero-order valence-electron chi connectivity index (χ0n) is 18.4. The van der Waals surface area contributed by atoms with E-state index in [0.717, 1.165) is 16.7 Å². The molecule has 0 radical (unpaired) electrons. The number of rotatable bonds is 5. The average molecular weight is 510 g/mol. The van der Waals surface area contributed by atoms with Crippen LogP contribution in [0.4, 0.5) is 0 Å². The first-order chi connectivity index (χ1) is 16.4. The number of hydrogen-bond acceptors (Lipinski definition) is 3. The van der Waals surface area contributed by atoms with Crippen LogP contribution in [0.3, 0.4) is 0 Å². The molecule has 0 saturated carbocycles. The predicted octanol–water partition coefficient (Wildman–Crippen LogP) is 7.71. The van der Waals surface area contributed by atoms with Crippen LogP contribution in [0.1, 0.15) is 29.9 Å². The van der Waals surface area contributed by atoms with Crippen molar-refractivity contribution in [1.82, 2.24) is 9.55 Å². The summed E-state index contributed by atoms with van der Waals surface area (Å²) in [4.78, 5) is 16.9. The van der Waals surface area contributed by atoms with Gasteiger partial charge in [-0.25, -0.2) is 9.78 Å². The first kappa shape index (κ1) is 23.9. The molecule has 170 valence electrons. The fourth-order valence-corrected chi connectivity index (χ4v) is 4.40. The molecule has 0 bridgehead atoms. The van der Waals surface area contributed by atoms with Gasteiger partial charge in [-0.05, 0) is 61.4 Å². The Kier molecular flexibility index (Phi) is 7.29. The summed E-state index contributed by atoms with van der Waals surface area (Å²) in [5.74, 6) is 5.81. The maximum Gasteiger partial charge on any atom is 0.358 e. The summed E-state index contributed by atoms with van der Waals surface area (Å²) in [5, 5.41) is 1.26. The average Bonchev–Trinajstić information content (AvgIpc) is 3.24. The smallest absolute Gasteiger partial charge is 0.358 e. The van der Waals surface area contributed by atoms with Crippen LogP contribution in [-0.2, 0) is 4.74 Å². The van der Waals surface area contributed by atoms with Crippen LogP contribution in [0.15, 0.2) is 66.9 Å². The summed E-state index contributed by atoms with van der Waals surface area (Å²) >= 11 is 19.7. The minimum absolute atomic E-state index is 0.124. The number of halogens is 3. The van der Waals surface area contributed by atoms with Gasteiger partial charge in [-0.3, -0.25) is 4.57 Å². The molecule has 0 spiro atoms. The van der Waals surface area contributed by atoms with Gasteiger partial charge < -0.3 is 4.74 Å². The highest BCUT2D eigenvalue weighted by atomic mass is 35.5. The first-order valence-corrected chi connectivity index (χ1v) is 11.6. The summed E-state index contributed by atoms with van der Waals surface area (Å²) in [6.07, 6.45) is 1.57. The van der Waals surface area contributed by atoms with Crippen LogP contribution in [0, 0.1) is 11.8 Å². The molecule has 0 aliphatic rings. The largest absolute Gasteiger partial charge is 0.461 e. The lowest BCUT2D eigenvalue weighted by Gasteiger charge is -2.13. The van der Waals surface area contributed by atoms with Gasteiger partial charge in [0.2, 0.25) is 0 Å². The normalized spacial score (nSPS) is 10.5. The molecular weight excluding hydrogens is 491 g/mol. The number of benzene rings is 3. The van der Waals surface area contributed by atoms with Crippen molar-refractivity contribution in [3.63, 3.8) is 0 Å². The summed E-state index contributed by atoms with van der Waals surface area (Å²) in [6.45, 7) is 3.76. The number of esters is 1. The van der Waals surface area contributed by atoms with Crippen molar-refractivity contribution in [2.75, 3.05) is 6.61 Å². The summed E-state index contributed by atoms with van der Waals surface area (Å²) in [5.41, 5.74) is 4.07. The van der Waals surface area contributed by atoms with Gasteiger partial charge in [0.15, 0.2) is 5.69 Å². The molecule has 0 amide bonds. The van der Waals surface area contributed by atoms with E-state index in [1.807, 2.05) is 42.5 Å². The van der Waals surface area contributed by atoms with Crippen molar-refractivity contribution in [1.29, 1.82) is 0 Å². The number of carbonyl (C=O) groups excluding carboxylic acids is 1. The standard InChI is InChI=1S/C27H19Cl3N2O2/c1-3-7-17-8-5-9-18(14-17)19-12-13-24(22(30)15-19)32-16-23(27(33)34-4-2)31-26(32)25-20(28)10-6-11-21(25)29/h5-6,8-16H,4H2,1-2H3. The molecule has 7 heteroatoms. The van der Waals surface area contributed by atoms with Crippen LogP contribution in [-0.4, -0.2) is 22.1 Å². The Balaban J connectivity index is 1.86. The maximum atomic E-state index is 12.4. The fraction of sp³-hybridized carbons (Fsp3) is 0.111. The Bertz CT molecular complexity index is 1430. The monoisotopic (exact) mass is 508 g/mol. The lowest BCUT2D eigenvalue weighted by atomic mass is 10.0. The second kappa shape index (κ2) is 10.4. The molecule has 0 atom stereocenters. The minimum atomic E-state index is -0.549. The number of imidazole rings is 1. The van der Waals surface area contributed by atoms with E-state index in [2.05, 4.69) is 16.8 Å². The number of aromatic nitrogens is 2. The molecular formula is C27H19Cl3N2O2. The van der Waals surface area contributed by atoms with Crippen molar-refractivity contribution < 1.29 is 9.53 Å². The highest BCUT2D eigenvalue weighted by Gasteiger charge is 2.22. The van der Waals surface area contributed by atoms with Gasteiger partial charge in [-0.1, -0.05) is 65.0 Å². The molecule has 0 fully saturated rings. The third kappa shape index (κ3) is 4.83. The molecule has 0 N–H and O–H groups in total. The van der Waals surface area contributed by atoms with Crippen molar-refractivity contribution in [3.05, 3.63) is 93.2 Å². The summed E-state index contributed by atoms with van der Waals surface area (Å²) < 4.78 is 6.84. The van der Waals surface area contributed by atoms with E-state index in [4.69, 9.17) is 39.5 Å². The molecule has 0 aliphatic carbocycles. The molecule has 4 nitrogen and oxygen atoms in total. The molecule has 4 aromatic rings. The zero-order chi connectivity index (χ0) is 24.2. The second-order valence-electron chi connectivity index (χ2n) is 7.26. The van der Waals surface area contributed by atoms with Crippen LogP contribution in [0.2, 0.25) is 15.1 Å². The maximum absolute atomic E-state index is 12.4. The van der Waals surface area contributed by atoms with E-state index in [9.17, 15) is 4.79 Å². The van der Waals surface area contributed by atoms with Crippen LogP contribution in [0.25, 0.3) is 28.2 Å². The quantitative estimate of drug-likeness (QED) is 0.204. The number of carbonyl (C=O) groups is 1. The SMILES string of the molecule is CC#Cc1cccc(-c2ccc(-n3cc(C(=O)OCC)nc3-c3c(Cl)cccc3Cl)c(Cl)c2)c1. The van der Waals surface area contributed by atoms with E-state index >= 15 is 0 Å². The van der Waals surface area contributed by atoms with Gasteiger partial charge in [-0.2, -0.15) is 0 Å². The van der Waals surface area contributed by atoms with E-state index in [1.165, 1.54) is 0 Å². The lowest BCUT2D eigenvalue weighted by Crippen LogP contribution is -2.04. The molecule has 0 aliphatic heterocycles. The Hall–Kier alpha value is -3.23. The van der Waals surface area contributed by atoms with Gasteiger partial charge in [0.05, 0.1) is 32.9 Å². The first-order valence-electron chi connectivity index (χ1n) is 10.5. The molecule has 34 heavy (non-hydrogen) atoms. The van der Waals surface area contributed by atoms with Gasteiger partial charge >= 0.3 is 5.97 Å². The second-order valence-corrected chi connectivity index (χ2v) is 8.48. The molecule has 0 unspecified atom stereocenters. The van der Waals surface area contributed by atoms with Crippen molar-refractivity contribution in [3.8, 4) is 40.0 Å². The molecule has 1 heterocycles. The van der Waals surface area contributed by atoms with Crippen LogP contribution >= 0.6 is 34.8 Å². The van der Waals surface area contributed by atoms with E-state index in [0.29, 0.717) is 32.1 Å². The molecule has 3 aromatic carbocycles. The Morgan fingerprint density at radius 2 is 1.68 bits per heavy atom. The van der Waals surface area contributed by atoms with Crippen molar-refractivity contribution in [2.45, 2.75) is 13.8 Å².